The highest BCUT2D eigenvalue weighted by molar-refractivity contribution is 6.39. The fourth-order valence-corrected chi connectivity index (χ4v) is 5.68. The molecular formula is C30H26Cl3NO5. The number of rotatable bonds is 8. The van der Waals surface area contributed by atoms with E-state index >= 15 is 0 Å². The zero-order chi connectivity index (χ0) is 27.9. The minimum absolute atomic E-state index is 0.0496. The van der Waals surface area contributed by atoms with Crippen LogP contribution in [-0.4, -0.2) is 23.3 Å². The van der Waals surface area contributed by atoms with E-state index in [0.29, 0.717) is 49.1 Å². The standard InChI is InChI=1S/C30H26Cl3NO5/c1-30(2,36)28-22(27(34-39-28)26-23(31)5-4-6-24(26)32)15-38-18-11-12-19(25(33)13-18)21-14-20(21)16-7-9-17(10-8-16)29(35)37-3/h4-13,20-21,36H,14-15H2,1-3H3. The number of carbonyl (C=O) groups excluding carboxylic acids is 1. The monoisotopic (exact) mass is 585 g/mol. The number of aromatic nitrogens is 1. The summed E-state index contributed by atoms with van der Waals surface area (Å²) in [5.74, 6) is 1.08. The van der Waals surface area contributed by atoms with Gasteiger partial charge in [-0.15, -0.1) is 0 Å². The molecule has 1 fully saturated rings. The molecule has 1 aliphatic carbocycles. The van der Waals surface area contributed by atoms with Gasteiger partial charge in [0.15, 0.2) is 5.76 Å². The Morgan fingerprint density at radius 2 is 1.72 bits per heavy atom. The van der Waals surface area contributed by atoms with Crippen LogP contribution in [-0.2, 0) is 16.9 Å². The van der Waals surface area contributed by atoms with Gasteiger partial charge >= 0.3 is 5.97 Å². The fourth-order valence-electron chi connectivity index (χ4n) is 4.79. The van der Waals surface area contributed by atoms with Crippen molar-refractivity contribution >= 4 is 40.8 Å². The van der Waals surface area contributed by atoms with Crippen molar-refractivity contribution in [2.75, 3.05) is 7.11 Å². The van der Waals surface area contributed by atoms with Gasteiger partial charge in [0.05, 0.1) is 28.3 Å². The van der Waals surface area contributed by atoms with Gasteiger partial charge in [-0.05, 0) is 79.6 Å². The molecule has 5 rings (SSSR count). The van der Waals surface area contributed by atoms with E-state index in [1.54, 1.807) is 50.2 Å². The number of hydrogen-bond donors (Lipinski definition) is 1. The van der Waals surface area contributed by atoms with Crippen LogP contribution < -0.4 is 4.74 Å². The van der Waals surface area contributed by atoms with E-state index in [-0.39, 0.29) is 24.3 Å². The van der Waals surface area contributed by atoms with Crippen molar-refractivity contribution in [2.24, 2.45) is 0 Å². The molecule has 202 valence electrons. The average molecular weight is 587 g/mol. The molecule has 1 N–H and O–H groups in total. The first-order valence-electron chi connectivity index (χ1n) is 12.3. The Balaban J connectivity index is 1.34. The number of carbonyl (C=O) groups is 1. The number of halogens is 3. The first-order valence-corrected chi connectivity index (χ1v) is 13.5. The van der Waals surface area contributed by atoms with E-state index in [9.17, 15) is 9.90 Å². The average Bonchev–Trinajstić information content (AvgIpc) is 3.57. The van der Waals surface area contributed by atoms with Crippen LogP contribution in [0.4, 0.5) is 0 Å². The van der Waals surface area contributed by atoms with Crippen LogP contribution in [0.2, 0.25) is 15.1 Å². The normalized spacial score (nSPS) is 16.7. The first kappa shape index (κ1) is 27.5. The van der Waals surface area contributed by atoms with Crippen LogP contribution >= 0.6 is 34.8 Å². The van der Waals surface area contributed by atoms with Gasteiger partial charge < -0.3 is 19.1 Å². The van der Waals surface area contributed by atoms with Crippen molar-refractivity contribution in [2.45, 2.75) is 44.3 Å². The maximum absolute atomic E-state index is 11.7. The third-order valence-electron chi connectivity index (χ3n) is 6.85. The van der Waals surface area contributed by atoms with Crippen molar-refractivity contribution in [1.29, 1.82) is 0 Å². The van der Waals surface area contributed by atoms with Crippen LogP contribution in [0.3, 0.4) is 0 Å². The lowest BCUT2D eigenvalue weighted by atomic mass is 9.98. The van der Waals surface area contributed by atoms with Crippen molar-refractivity contribution in [3.63, 3.8) is 0 Å². The molecule has 2 unspecified atom stereocenters. The molecule has 2 atom stereocenters. The zero-order valence-electron chi connectivity index (χ0n) is 21.5. The fraction of sp³-hybridized carbons (Fsp3) is 0.267. The largest absolute Gasteiger partial charge is 0.489 e. The predicted molar refractivity (Wildman–Crippen MR) is 151 cm³/mol. The van der Waals surface area contributed by atoms with Crippen molar-refractivity contribution < 1.29 is 23.9 Å². The molecule has 1 saturated carbocycles. The molecule has 3 aromatic carbocycles. The van der Waals surface area contributed by atoms with E-state index in [0.717, 1.165) is 17.5 Å². The van der Waals surface area contributed by atoms with Crippen LogP contribution in [0.25, 0.3) is 11.3 Å². The molecule has 9 heteroatoms. The number of benzene rings is 3. The Bertz CT molecular complexity index is 1500. The molecule has 39 heavy (non-hydrogen) atoms. The Morgan fingerprint density at radius 1 is 1.03 bits per heavy atom. The number of hydrogen-bond acceptors (Lipinski definition) is 6. The zero-order valence-corrected chi connectivity index (χ0v) is 23.8. The van der Waals surface area contributed by atoms with Crippen molar-refractivity contribution in [3.8, 4) is 17.0 Å². The molecule has 1 aromatic heterocycles. The van der Waals surface area contributed by atoms with E-state index in [2.05, 4.69) is 5.16 Å². The predicted octanol–water partition coefficient (Wildman–Crippen LogP) is 8.17. The van der Waals surface area contributed by atoms with E-state index < -0.39 is 5.60 Å². The molecular weight excluding hydrogens is 561 g/mol. The third kappa shape index (κ3) is 5.66. The van der Waals surface area contributed by atoms with Gasteiger partial charge in [0.25, 0.3) is 0 Å². The molecule has 0 aliphatic heterocycles. The quantitative estimate of drug-likeness (QED) is 0.210. The molecule has 1 heterocycles. The van der Waals surface area contributed by atoms with Gasteiger partial charge in [0, 0.05) is 10.6 Å². The summed E-state index contributed by atoms with van der Waals surface area (Å²) in [4.78, 5) is 11.7. The summed E-state index contributed by atoms with van der Waals surface area (Å²) in [7, 11) is 1.37. The van der Waals surface area contributed by atoms with Gasteiger partial charge in [0.2, 0.25) is 0 Å². The summed E-state index contributed by atoms with van der Waals surface area (Å²) >= 11 is 19.5. The molecule has 1 aliphatic rings. The molecule has 0 amide bonds. The SMILES string of the molecule is COC(=O)c1ccc(C2CC2c2ccc(OCc3c(-c4c(Cl)cccc4Cl)noc3C(C)(C)O)cc2Cl)cc1. The topological polar surface area (TPSA) is 81.8 Å². The lowest BCUT2D eigenvalue weighted by molar-refractivity contribution is 0.0452. The summed E-state index contributed by atoms with van der Waals surface area (Å²) in [6, 6.07) is 18.3. The maximum Gasteiger partial charge on any atom is 0.337 e. The second-order valence-corrected chi connectivity index (χ2v) is 11.3. The maximum atomic E-state index is 11.7. The summed E-state index contributed by atoms with van der Waals surface area (Å²) < 4.78 is 16.4. The van der Waals surface area contributed by atoms with Gasteiger partial charge in [-0.2, -0.15) is 0 Å². The van der Waals surface area contributed by atoms with Crippen molar-refractivity contribution in [1.82, 2.24) is 5.16 Å². The molecule has 6 nitrogen and oxygen atoms in total. The molecule has 0 spiro atoms. The highest BCUT2D eigenvalue weighted by atomic mass is 35.5. The molecule has 0 radical (unpaired) electrons. The van der Waals surface area contributed by atoms with Gasteiger partial charge in [-0.25, -0.2) is 4.79 Å². The number of methoxy groups -OCH3 is 1. The number of ether oxygens (including phenoxy) is 2. The molecule has 0 saturated heterocycles. The van der Waals surface area contributed by atoms with Gasteiger partial charge in [-0.3, -0.25) is 0 Å². The Labute approximate surface area is 241 Å². The Kier molecular flexibility index (Phi) is 7.66. The third-order valence-corrected chi connectivity index (χ3v) is 7.81. The minimum atomic E-state index is -1.31. The van der Waals surface area contributed by atoms with E-state index in [1.165, 1.54) is 7.11 Å². The van der Waals surface area contributed by atoms with Gasteiger partial charge in [-0.1, -0.05) is 64.2 Å². The molecule has 4 aromatic rings. The second kappa shape index (κ2) is 10.9. The summed E-state index contributed by atoms with van der Waals surface area (Å²) in [6.45, 7) is 3.26. The molecule has 0 bridgehead atoms. The summed E-state index contributed by atoms with van der Waals surface area (Å²) in [5, 5.41) is 16.3. The minimum Gasteiger partial charge on any atom is -0.489 e. The Morgan fingerprint density at radius 3 is 2.33 bits per heavy atom. The smallest absolute Gasteiger partial charge is 0.337 e. The lowest BCUT2D eigenvalue weighted by Gasteiger charge is -2.16. The van der Waals surface area contributed by atoms with Crippen LogP contribution in [0.15, 0.2) is 65.2 Å². The van der Waals surface area contributed by atoms with Crippen LogP contribution in [0.1, 0.15) is 64.9 Å². The first-order chi connectivity index (χ1) is 18.6. The number of esters is 1. The number of nitrogens with zero attached hydrogens (tertiary/aromatic N) is 1. The van der Waals surface area contributed by atoms with Crippen LogP contribution in [0, 0.1) is 0 Å². The van der Waals surface area contributed by atoms with Gasteiger partial charge in [0.1, 0.15) is 23.7 Å². The lowest BCUT2D eigenvalue weighted by Crippen LogP contribution is -2.17. The van der Waals surface area contributed by atoms with E-state index in [1.807, 2.05) is 24.3 Å². The summed E-state index contributed by atoms with van der Waals surface area (Å²) in [6.07, 6.45) is 0.967. The summed E-state index contributed by atoms with van der Waals surface area (Å²) in [5.41, 5.74) is 2.86. The Hall–Kier alpha value is -3.03. The van der Waals surface area contributed by atoms with Crippen molar-refractivity contribution in [3.05, 3.63) is 104 Å². The highest BCUT2D eigenvalue weighted by Gasteiger charge is 2.40. The van der Waals surface area contributed by atoms with Crippen LogP contribution in [0.5, 0.6) is 5.75 Å². The number of aliphatic hydroxyl groups is 1. The highest BCUT2D eigenvalue weighted by Crippen LogP contribution is 2.56. The second-order valence-electron chi connectivity index (χ2n) is 10.0. The van der Waals surface area contributed by atoms with E-state index in [4.69, 9.17) is 48.8 Å².